The van der Waals surface area contributed by atoms with Gasteiger partial charge in [-0.2, -0.15) is 0 Å². The molecule has 3 nitrogen and oxygen atoms in total. The molecule has 0 amide bonds. The molecule has 0 aromatic carbocycles. The van der Waals surface area contributed by atoms with E-state index in [0.29, 0.717) is 35.9 Å². The predicted molar refractivity (Wildman–Crippen MR) is 90.3 cm³/mol. The Labute approximate surface area is 144 Å². The molecular weight excluding hydrogens is 300 g/mol. The van der Waals surface area contributed by atoms with Crippen LogP contribution in [0.4, 0.5) is 0 Å². The number of epoxide rings is 1. The van der Waals surface area contributed by atoms with Crippen molar-refractivity contribution in [3.8, 4) is 0 Å². The Hall–Kier alpha value is -0.960. The molecule has 1 heterocycles. The van der Waals surface area contributed by atoms with Crippen LogP contribution in [0, 0.1) is 34.5 Å². The molecule has 3 heteroatoms. The summed E-state index contributed by atoms with van der Waals surface area (Å²) in [5.41, 5.74) is 0.657. The standard InChI is InChI=1S/C21H28O3/c1-11-12(2)21-18(24-21)15(22)8-10-20(21,4)14-7-9-19(3)13(17(11)14)5-6-16(19)23/h11,13-14,17-18H,2,5-10H2,1,3-4H3/t11-,13+,14+,17+,18?,19+,20-,21?/m1/s1. The Kier molecular flexibility index (Phi) is 2.70. The molecule has 8 atom stereocenters. The summed E-state index contributed by atoms with van der Waals surface area (Å²) in [6, 6.07) is 0. The fraction of sp³-hybridized carbons (Fsp3) is 0.810. The topological polar surface area (TPSA) is 46.7 Å². The molecular formula is C21H28O3. The maximum Gasteiger partial charge on any atom is 0.164 e. The Morgan fingerprint density at radius 1 is 1.08 bits per heavy atom. The number of carbonyl (C=O) groups is 2. The lowest BCUT2D eigenvalue weighted by Crippen LogP contribution is -2.61. The van der Waals surface area contributed by atoms with Gasteiger partial charge in [0, 0.05) is 23.7 Å². The van der Waals surface area contributed by atoms with Crippen LogP contribution >= 0.6 is 0 Å². The number of Topliss-reactive ketones (excluding diaryl/α,β-unsaturated/α-hetero) is 2. The van der Waals surface area contributed by atoms with E-state index in [1.807, 2.05) is 0 Å². The molecule has 0 N–H and O–H groups in total. The average molecular weight is 328 g/mol. The molecule has 2 unspecified atom stereocenters. The van der Waals surface area contributed by atoms with E-state index in [2.05, 4.69) is 27.4 Å². The molecule has 5 aliphatic rings. The Balaban J connectivity index is 1.62. The molecule has 0 radical (unpaired) electrons. The fourth-order valence-corrected chi connectivity index (χ4v) is 7.63. The van der Waals surface area contributed by atoms with Gasteiger partial charge in [0.25, 0.3) is 0 Å². The van der Waals surface area contributed by atoms with Gasteiger partial charge in [0.05, 0.1) is 0 Å². The third-order valence-electron chi connectivity index (χ3n) is 9.11. The smallest absolute Gasteiger partial charge is 0.164 e. The van der Waals surface area contributed by atoms with Gasteiger partial charge in [-0.05, 0) is 54.9 Å². The molecule has 0 aromatic heterocycles. The lowest BCUT2D eigenvalue weighted by molar-refractivity contribution is -0.140. The molecule has 24 heavy (non-hydrogen) atoms. The Bertz CT molecular complexity index is 681. The van der Waals surface area contributed by atoms with Gasteiger partial charge < -0.3 is 4.74 Å². The Morgan fingerprint density at radius 3 is 2.58 bits per heavy atom. The van der Waals surface area contributed by atoms with Gasteiger partial charge in [-0.15, -0.1) is 0 Å². The molecule has 0 aromatic rings. The number of rotatable bonds is 0. The fourth-order valence-electron chi connectivity index (χ4n) is 7.63. The number of hydrogen-bond donors (Lipinski definition) is 0. The monoisotopic (exact) mass is 328 g/mol. The number of ether oxygens (including phenoxy) is 1. The van der Waals surface area contributed by atoms with Crippen LogP contribution in [0.1, 0.15) is 59.3 Å². The van der Waals surface area contributed by atoms with Gasteiger partial charge in [0.15, 0.2) is 11.9 Å². The van der Waals surface area contributed by atoms with Gasteiger partial charge in [0.2, 0.25) is 0 Å². The molecule has 1 spiro atoms. The lowest BCUT2D eigenvalue weighted by Gasteiger charge is -2.61. The van der Waals surface area contributed by atoms with Crippen molar-refractivity contribution in [3.05, 3.63) is 12.2 Å². The van der Waals surface area contributed by atoms with Crippen LogP contribution < -0.4 is 0 Å². The Morgan fingerprint density at radius 2 is 1.83 bits per heavy atom. The average Bonchev–Trinajstić information content (AvgIpc) is 3.26. The molecule has 4 aliphatic carbocycles. The van der Waals surface area contributed by atoms with E-state index in [1.165, 1.54) is 0 Å². The molecule has 1 aliphatic heterocycles. The van der Waals surface area contributed by atoms with E-state index >= 15 is 0 Å². The van der Waals surface area contributed by atoms with Crippen molar-refractivity contribution < 1.29 is 14.3 Å². The minimum Gasteiger partial charge on any atom is -0.352 e. The van der Waals surface area contributed by atoms with Crippen molar-refractivity contribution in [2.75, 3.05) is 0 Å². The van der Waals surface area contributed by atoms with Gasteiger partial charge in [-0.25, -0.2) is 0 Å². The van der Waals surface area contributed by atoms with E-state index in [1.54, 1.807) is 0 Å². The summed E-state index contributed by atoms with van der Waals surface area (Å²) in [5.74, 6) is 2.66. The molecule has 130 valence electrons. The summed E-state index contributed by atoms with van der Waals surface area (Å²) in [5, 5.41) is 0. The normalized spacial score (nSPS) is 58.6. The van der Waals surface area contributed by atoms with Crippen molar-refractivity contribution in [1.82, 2.24) is 0 Å². The van der Waals surface area contributed by atoms with Gasteiger partial charge >= 0.3 is 0 Å². The minimum absolute atomic E-state index is 0.0206. The van der Waals surface area contributed by atoms with E-state index in [-0.39, 0.29) is 28.3 Å². The second kappa shape index (κ2) is 4.23. The number of fused-ring (bicyclic) bond motifs is 4. The van der Waals surface area contributed by atoms with Crippen LogP contribution in [0.25, 0.3) is 0 Å². The van der Waals surface area contributed by atoms with Crippen LogP contribution in [0.5, 0.6) is 0 Å². The van der Waals surface area contributed by atoms with Crippen LogP contribution in [0.15, 0.2) is 12.2 Å². The molecule has 1 saturated heterocycles. The maximum absolute atomic E-state index is 12.6. The van der Waals surface area contributed by atoms with Crippen molar-refractivity contribution in [3.63, 3.8) is 0 Å². The van der Waals surface area contributed by atoms with E-state index in [9.17, 15) is 9.59 Å². The van der Waals surface area contributed by atoms with E-state index in [0.717, 1.165) is 37.7 Å². The summed E-state index contributed by atoms with van der Waals surface area (Å²) in [6.45, 7) is 11.3. The summed E-state index contributed by atoms with van der Waals surface area (Å²) in [7, 11) is 0. The third kappa shape index (κ3) is 1.39. The van der Waals surface area contributed by atoms with Crippen molar-refractivity contribution in [2.45, 2.75) is 71.0 Å². The first-order valence-corrected chi connectivity index (χ1v) is 9.70. The minimum atomic E-state index is -0.390. The first kappa shape index (κ1) is 15.3. The zero-order valence-electron chi connectivity index (χ0n) is 15.1. The maximum atomic E-state index is 12.6. The number of ketones is 2. The zero-order chi connectivity index (χ0) is 17.1. The first-order valence-electron chi connectivity index (χ1n) is 9.70. The van der Waals surface area contributed by atoms with E-state index < -0.39 is 0 Å². The lowest BCUT2D eigenvalue weighted by atomic mass is 9.42. The van der Waals surface area contributed by atoms with E-state index in [4.69, 9.17) is 4.74 Å². The molecule has 0 bridgehead atoms. The quantitative estimate of drug-likeness (QED) is 0.503. The summed E-state index contributed by atoms with van der Waals surface area (Å²) in [4.78, 5) is 24.9. The number of hydrogen-bond acceptors (Lipinski definition) is 3. The van der Waals surface area contributed by atoms with Crippen LogP contribution in [-0.2, 0) is 14.3 Å². The largest absolute Gasteiger partial charge is 0.352 e. The van der Waals surface area contributed by atoms with Crippen molar-refractivity contribution >= 4 is 11.6 Å². The molecule has 4 saturated carbocycles. The SMILES string of the molecule is C=C1[C@@H](C)[C@H]2[C@@H]3CCC(=O)[C@@]3(C)CC[C@@H]2[C@@]2(C)CCC(=O)C3OC132. The summed E-state index contributed by atoms with van der Waals surface area (Å²) >= 11 is 0. The highest BCUT2D eigenvalue weighted by Crippen LogP contribution is 2.74. The second-order valence-electron chi connectivity index (χ2n) is 9.64. The van der Waals surface area contributed by atoms with Crippen molar-refractivity contribution in [1.29, 1.82) is 0 Å². The molecule has 5 fully saturated rings. The van der Waals surface area contributed by atoms with Crippen LogP contribution in [0.2, 0.25) is 0 Å². The second-order valence-corrected chi connectivity index (χ2v) is 9.64. The highest BCUT2D eigenvalue weighted by Gasteiger charge is 2.79. The van der Waals surface area contributed by atoms with Crippen LogP contribution in [0.3, 0.4) is 0 Å². The summed E-state index contributed by atoms with van der Waals surface area (Å²) < 4.78 is 6.16. The predicted octanol–water partition coefficient (Wildman–Crippen LogP) is 3.71. The highest BCUT2D eigenvalue weighted by molar-refractivity contribution is 5.90. The zero-order valence-corrected chi connectivity index (χ0v) is 15.1. The van der Waals surface area contributed by atoms with Gasteiger partial charge in [0.1, 0.15) is 11.4 Å². The first-order chi connectivity index (χ1) is 11.3. The molecule has 5 rings (SSSR count). The highest BCUT2D eigenvalue weighted by atomic mass is 16.6. The van der Waals surface area contributed by atoms with Crippen molar-refractivity contribution in [2.24, 2.45) is 34.5 Å². The van der Waals surface area contributed by atoms with Gasteiger partial charge in [-0.1, -0.05) is 27.4 Å². The summed E-state index contributed by atoms with van der Waals surface area (Å²) in [6.07, 6.45) is 5.25. The third-order valence-corrected chi connectivity index (χ3v) is 9.11. The van der Waals surface area contributed by atoms with Gasteiger partial charge in [-0.3, -0.25) is 9.59 Å². The van der Waals surface area contributed by atoms with Crippen LogP contribution in [-0.4, -0.2) is 23.3 Å². The number of carbonyl (C=O) groups excluding carboxylic acids is 2.